The monoisotopic (exact) mass is 412 g/mol. The van der Waals surface area contributed by atoms with Gasteiger partial charge in [-0.05, 0) is 38.1 Å². The summed E-state index contributed by atoms with van der Waals surface area (Å²) < 4.78 is 47.1. The van der Waals surface area contributed by atoms with E-state index < -0.39 is 23.8 Å². The van der Waals surface area contributed by atoms with Crippen molar-refractivity contribution in [3.05, 3.63) is 46.6 Å². The zero-order valence-corrected chi connectivity index (χ0v) is 15.9. The van der Waals surface area contributed by atoms with E-state index in [1.54, 1.807) is 24.3 Å². The summed E-state index contributed by atoms with van der Waals surface area (Å²) in [6, 6.07) is 7.16. The SMILES string of the molecule is Cc1nn(C)c2nc(O[C@@H](C)C(=O)Nc3ccc(Cl)cc3)cc(C(F)(F)F)c12. The lowest BCUT2D eigenvalue weighted by Crippen LogP contribution is -2.30. The first kappa shape index (κ1) is 19.9. The maximum absolute atomic E-state index is 13.5. The molecular weight excluding hydrogens is 397 g/mol. The van der Waals surface area contributed by atoms with Gasteiger partial charge in [0.2, 0.25) is 5.88 Å². The summed E-state index contributed by atoms with van der Waals surface area (Å²) in [7, 11) is 1.49. The molecule has 0 aliphatic heterocycles. The number of benzene rings is 1. The Hall–Kier alpha value is -2.81. The van der Waals surface area contributed by atoms with Gasteiger partial charge in [-0.2, -0.15) is 23.3 Å². The highest BCUT2D eigenvalue weighted by molar-refractivity contribution is 6.30. The van der Waals surface area contributed by atoms with Gasteiger partial charge in [0, 0.05) is 23.8 Å². The third-order valence-corrected chi connectivity index (χ3v) is 4.28. The van der Waals surface area contributed by atoms with E-state index in [0.29, 0.717) is 10.7 Å². The lowest BCUT2D eigenvalue weighted by atomic mass is 10.1. The van der Waals surface area contributed by atoms with Crippen molar-refractivity contribution in [1.82, 2.24) is 14.8 Å². The Kier molecular flexibility index (Phi) is 5.20. The highest BCUT2D eigenvalue weighted by Crippen LogP contribution is 2.37. The Morgan fingerprint density at radius 1 is 1.29 bits per heavy atom. The van der Waals surface area contributed by atoms with Gasteiger partial charge >= 0.3 is 6.18 Å². The van der Waals surface area contributed by atoms with E-state index in [1.807, 2.05) is 0 Å². The Morgan fingerprint density at radius 3 is 2.54 bits per heavy atom. The first-order valence-corrected chi connectivity index (χ1v) is 8.58. The Balaban J connectivity index is 1.88. The number of pyridine rings is 1. The van der Waals surface area contributed by atoms with Gasteiger partial charge < -0.3 is 10.1 Å². The lowest BCUT2D eigenvalue weighted by Gasteiger charge is -2.16. The molecule has 0 bridgehead atoms. The molecule has 0 aliphatic carbocycles. The number of nitrogens with zero attached hydrogens (tertiary/aromatic N) is 3. The summed E-state index contributed by atoms with van der Waals surface area (Å²) in [5.41, 5.74) is -0.208. The van der Waals surface area contributed by atoms with Crippen molar-refractivity contribution in [3.8, 4) is 5.88 Å². The summed E-state index contributed by atoms with van der Waals surface area (Å²) in [6.45, 7) is 2.89. The molecule has 0 unspecified atom stereocenters. The average molecular weight is 413 g/mol. The van der Waals surface area contributed by atoms with Crippen LogP contribution in [0.25, 0.3) is 11.0 Å². The van der Waals surface area contributed by atoms with Crippen molar-refractivity contribution in [2.45, 2.75) is 26.1 Å². The molecule has 148 valence electrons. The summed E-state index contributed by atoms with van der Waals surface area (Å²) >= 11 is 5.79. The van der Waals surface area contributed by atoms with Gasteiger partial charge in [-0.15, -0.1) is 0 Å². The number of halogens is 4. The number of anilines is 1. The number of carbonyl (C=O) groups excluding carboxylic acids is 1. The molecule has 2 heterocycles. The van der Waals surface area contributed by atoms with Gasteiger partial charge in [-0.1, -0.05) is 11.6 Å². The topological polar surface area (TPSA) is 69.0 Å². The van der Waals surface area contributed by atoms with E-state index in [0.717, 1.165) is 6.07 Å². The van der Waals surface area contributed by atoms with Crippen LogP contribution in [0.2, 0.25) is 5.02 Å². The van der Waals surface area contributed by atoms with Crippen molar-refractivity contribution in [3.63, 3.8) is 0 Å². The van der Waals surface area contributed by atoms with Gasteiger partial charge in [-0.3, -0.25) is 9.48 Å². The minimum atomic E-state index is -4.62. The molecule has 6 nitrogen and oxygen atoms in total. The molecule has 1 amide bonds. The number of carbonyl (C=O) groups is 1. The minimum Gasteiger partial charge on any atom is -0.464 e. The van der Waals surface area contributed by atoms with Crippen molar-refractivity contribution < 1.29 is 22.7 Å². The maximum atomic E-state index is 13.5. The minimum absolute atomic E-state index is 0.0210. The second-order valence-electron chi connectivity index (χ2n) is 6.17. The van der Waals surface area contributed by atoms with E-state index in [1.165, 1.54) is 25.6 Å². The van der Waals surface area contributed by atoms with E-state index in [9.17, 15) is 18.0 Å². The van der Waals surface area contributed by atoms with Gasteiger partial charge in [0.25, 0.3) is 5.91 Å². The standard InChI is InChI=1S/C18H16ClF3N4O2/c1-9-15-13(18(20,21)22)8-14(24-16(15)26(3)25-9)28-10(2)17(27)23-12-6-4-11(19)5-7-12/h4-8,10H,1-3H3,(H,23,27)/t10-/m0/s1. The second-order valence-corrected chi connectivity index (χ2v) is 6.61. The molecule has 1 N–H and O–H groups in total. The summed E-state index contributed by atoms with van der Waals surface area (Å²) in [4.78, 5) is 16.4. The molecule has 28 heavy (non-hydrogen) atoms. The largest absolute Gasteiger partial charge is 0.464 e. The normalized spacial score (nSPS) is 12.8. The fourth-order valence-electron chi connectivity index (χ4n) is 2.72. The maximum Gasteiger partial charge on any atom is 0.417 e. The first-order valence-electron chi connectivity index (χ1n) is 8.21. The smallest absolute Gasteiger partial charge is 0.417 e. The van der Waals surface area contributed by atoms with Crippen molar-refractivity contribution >= 4 is 34.2 Å². The van der Waals surface area contributed by atoms with Crippen LogP contribution in [-0.2, 0) is 18.0 Å². The van der Waals surface area contributed by atoms with Crippen molar-refractivity contribution in [2.75, 3.05) is 5.32 Å². The number of nitrogens with one attached hydrogen (secondary N) is 1. The van der Waals surface area contributed by atoms with Crippen molar-refractivity contribution in [2.24, 2.45) is 7.05 Å². The number of amides is 1. The van der Waals surface area contributed by atoms with Crippen LogP contribution in [0.5, 0.6) is 5.88 Å². The van der Waals surface area contributed by atoms with E-state index in [4.69, 9.17) is 16.3 Å². The molecule has 0 spiro atoms. The molecule has 2 aromatic heterocycles. The van der Waals surface area contributed by atoms with Gasteiger partial charge in [0.15, 0.2) is 11.8 Å². The third kappa shape index (κ3) is 4.04. The van der Waals surface area contributed by atoms with Crippen LogP contribution in [-0.4, -0.2) is 26.8 Å². The number of aromatic nitrogens is 3. The van der Waals surface area contributed by atoms with Crippen LogP contribution in [0.15, 0.2) is 30.3 Å². The quantitative estimate of drug-likeness (QED) is 0.691. The van der Waals surface area contributed by atoms with Crippen LogP contribution in [0.3, 0.4) is 0 Å². The van der Waals surface area contributed by atoms with Crippen LogP contribution >= 0.6 is 11.6 Å². The molecule has 3 rings (SSSR count). The van der Waals surface area contributed by atoms with Gasteiger partial charge in [0.05, 0.1) is 16.6 Å². The average Bonchev–Trinajstić information content (AvgIpc) is 2.89. The van der Waals surface area contributed by atoms with Crippen LogP contribution < -0.4 is 10.1 Å². The van der Waals surface area contributed by atoms with E-state index in [-0.39, 0.29) is 22.6 Å². The van der Waals surface area contributed by atoms with E-state index >= 15 is 0 Å². The summed E-state index contributed by atoms with van der Waals surface area (Å²) in [6.07, 6.45) is -5.71. The molecule has 0 fully saturated rings. The predicted octanol–water partition coefficient (Wildman–Crippen LogP) is 4.35. The fraction of sp³-hybridized carbons (Fsp3) is 0.278. The number of ether oxygens (including phenoxy) is 1. The zero-order valence-electron chi connectivity index (χ0n) is 15.1. The van der Waals surface area contributed by atoms with Gasteiger partial charge in [-0.25, -0.2) is 0 Å². The summed E-state index contributed by atoms with van der Waals surface area (Å²) in [5.74, 6) is -0.861. The Labute approximate surface area is 163 Å². The molecular formula is C18H16ClF3N4O2. The third-order valence-electron chi connectivity index (χ3n) is 4.03. The molecule has 1 atom stereocenters. The predicted molar refractivity (Wildman–Crippen MR) is 98.4 cm³/mol. The Morgan fingerprint density at radius 2 is 1.93 bits per heavy atom. The molecule has 3 aromatic rings. The lowest BCUT2D eigenvalue weighted by molar-refractivity contribution is -0.136. The van der Waals surface area contributed by atoms with Crippen LogP contribution in [0, 0.1) is 6.92 Å². The highest BCUT2D eigenvalue weighted by atomic mass is 35.5. The number of alkyl halides is 3. The molecule has 0 radical (unpaired) electrons. The van der Waals surface area contributed by atoms with Crippen LogP contribution in [0.4, 0.5) is 18.9 Å². The Bertz CT molecular complexity index is 1030. The number of aryl methyl sites for hydroxylation is 2. The molecule has 10 heteroatoms. The summed E-state index contributed by atoms with van der Waals surface area (Å²) in [5, 5.41) is 7.00. The molecule has 0 saturated heterocycles. The molecule has 0 aliphatic rings. The number of hydrogen-bond acceptors (Lipinski definition) is 4. The highest BCUT2D eigenvalue weighted by Gasteiger charge is 2.36. The van der Waals surface area contributed by atoms with Crippen molar-refractivity contribution in [1.29, 1.82) is 0 Å². The second kappa shape index (κ2) is 7.31. The number of hydrogen-bond donors (Lipinski definition) is 1. The number of fused-ring (bicyclic) bond motifs is 1. The molecule has 0 saturated carbocycles. The van der Waals surface area contributed by atoms with E-state index in [2.05, 4.69) is 15.4 Å². The molecule has 1 aromatic carbocycles. The zero-order chi connectivity index (χ0) is 20.6. The number of rotatable bonds is 4. The first-order chi connectivity index (χ1) is 13.1. The van der Waals surface area contributed by atoms with Crippen LogP contribution in [0.1, 0.15) is 18.2 Å². The van der Waals surface area contributed by atoms with Gasteiger partial charge in [0.1, 0.15) is 0 Å². The fourth-order valence-corrected chi connectivity index (χ4v) is 2.84.